The summed E-state index contributed by atoms with van der Waals surface area (Å²) < 4.78 is 6.05. The minimum absolute atomic E-state index is 0.0904. The van der Waals surface area contributed by atoms with Crippen LogP contribution in [0.2, 0.25) is 10.0 Å². The normalized spacial score (nSPS) is 11.2. The van der Waals surface area contributed by atoms with Crippen LogP contribution in [0.4, 0.5) is 0 Å². The molecule has 2 rings (SSSR count). The summed E-state index contributed by atoms with van der Waals surface area (Å²) in [6, 6.07) is 10.6. The van der Waals surface area contributed by atoms with Crippen molar-refractivity contribution in [2.75, 3.05) is 6.61 Å². The number of halogens is 3. The molecule has 0 bridgehead atoms. The Morgan fingerprint density at radius 2 is 2.09 bits per heavy atom. The van der Waals surface area contributed by atoms with Crippen LogP contribution in [0.25, 0.3) is 11.6 Å². The van der Waals surface area contributed by atoms with Gasteiger partial charge in [0.2, 0.25) is 0 Å². The lowest BCUT2D eigenvalue weighted by Gasteiger charge is -2.09. The molecule has 0 radical (unpaired) electrons. The van der Waals surface area contributed by atoms with Crippen molar-refractivity contribution in [3.05, 3.63) is 55.1 Å². The van der Waals surface area contributed by atoms with E-state index in [9.17, 15) is 10.4 Å². The molecular formula is C17H12Cl2INO2. The number of rotatable bonds is 4. The quantitative estimate of drug-likeness (QED) is 0.359. The second kappa shape index (κ2) is 7.91. The molecule has 23 heavy (non-hydrogen) atoms. The Balaban J connectivity index is 2.52. The summed E-state index contributed by atoms with van der Waals surface area (Å²) in [6.45, 7) is 2.27. The van der Waals surface area contributed by atoms with E-state index in [0.717, 1.165) is 5.56 Å². The van der Waals surface area contributed by atoms with Crippen molar-refractivity contribution in [3.63, 3.8) is 0 Å². The average molecular weight is 460 g/mol. The zero-order valence-corrected chi connectivity index (χ0v) is 15.8. The van der Waals surface area contributed by atoms with Gasteiger partial charge in [0.05, 0.1) is 26.8 Å². The van der Waals surface area contributed by atoms with Crippen LogP contribution in [-0.4, -0.2) is 11.7 Å². The van der Waals surface area contributed by atoms with Gasteiger partial charge < -0.3 is 9.84 Å². The van der Waals surface area contributed by atoms with E-state index in [4.69, 9.17) is 27.9 Å². The van der Waals surface area contributed by atoms with E-state index in [1.165, 1.54) is 0 Å². The molecular weight excluding hydrogens is 448 g/mol. The molecule has 0 amide bonds. The van der Waals surface area contributed by atoms with E-state index < -0.39 is 0 Å². The van der Waals surface area contributed by atoms with Gasteiger partial charge in [-0.15, -0.1) is 0 Å². The summed E-state index contributed by atoms with van der Waals surface area (Å²) in [5.41, 5.74) is 1.73. The van der Waals surface area contributed by atoms with Gasteiger partial charge in [-0.05, 0) is 65.4 Å². The fourth-order valence-electron chi connectivity index (χ4n) is 1.99. The molecule has 0 aromatic heterocycles. The molecule has 0 heterocycles. The lowest BCUT2D eigenvalue weighted by molar-refractivity contribution is 0.317. The van der Waals surface area contributed by atoms with Crippen LogP contribution in [0.1, 0.15) is 18.1 Å². The summed E-state index contributed by atoms with van der Waals surface area (Å²) in [6.07, 6.45) is 1.69. The largest absolute Gasteiger partial charge is 0.504 e. The zero-order valence-electron chi connectivity index (χ0n) is 12.1. The van der Waals surface area contributed by atoms with Crippen LogP contribution in [0, 0.1) is 14.9 Å². The number of nitrogens with zero attached hydrogens (tertiary/aromatic N) is 1. The van der Waals surface area contributed by atoms with Gasteiger partial charge in [0.15, 0.2) is 11.5 Å². The lowest BCUT2D eigenvalue weighted by atomic mass is 10.0. The molecule has 2 aromatic carbocycles. The summed E-state index contributed by atoms with van der Waals surface area (Å²) in [5.74, 6) is 0.470. The summed E-state index contributed by atoms with van der Waals surface area (Å²) in [5, 5.41) is 20.3. The molecule has 1 N–H and O–H groups in total. The standard InChI is InChI=1S/C17H12Cl2INO2/c1-2-23-16-7-10(6-15(20)17(16)22)5-11(9-21)13-4-3-12(18)8-14(13)19/h3-8,22H,2H2,1H3/b11-5+. The van der Waals surface area contributed by atoms with E-state index in [-0.39, 0.29) is 5.75 Å². The molecule has 0 atom stereocenters. The van der Waals surface area contributed by atoms with Crippen molar-refractivity contribution in [3.8, 4) is 17.6 Å². The monoisotopic (exact) mass is 459 g/mol. The Morgan fingerprint density at radius 3 is 2.70 bits per heavy atom. The third-order valence-corrected chi connectivity index (χ3v) is 4.37. The van der Waals surface area contributed by atoms with Gasteiger partial charge in [0.1, 0.15) is 0 Å². The van der Waals surface area contributed by atoms with Gasteiger partial charge >= 0.3 is 0 Å². The minimum Gasteiger partial charge on any atom is -0.504 e. The molecule has 0 saturated heterocycles. The van der Waals surface area contributed by atoms with Crippen molar-refractivity contribution in [2.45, 2.75) is 6.92 Å². The summed E-state index contributed by atoms with van der Waals surface area (Å²) in [4.78, 5) is 0. The highest BCUT2D eigenvalue weighted by atomic mass is 127. The van der Waals surface area contributed by atoms with Crippen molar-refractivity contribution >= 4 is 57.4 Å². The molecule has 0 aliphatic rings. The zero-order chi connectivity index (χ0) is 17.0. The number of benzene rings is 2. The second-order valence-corrected chi connectivity index (χ2v) is 6.58. The van der Waals surface area contributed by atoms with Crippen LogP contribution in [0.15, 0.2) is 30.3 Å². The number of hydrogen-bond acceptors (Lipinski definition) is 3. The predicted octanol–water partition coefficient (Wildman–Crippen LogP) is 5.77. The molecule has 0 aliphatic carbocycles. The molecule has 0 fully saturated rings. The highest BCUT2D eigenvalue weighted by Crippen LogP contribution is 2.35. The average Bonchev–Trinajstić information content (AvgIpc) is 2.50. The molecule has 3 nitrogen and oxygen atoms in total. The minimum atomic E-state index is 0.0904. The van der Waals surface area contributed by atoms with Crippen LogP contribution >= 0.6 is 45.8 Å². The Bertz CT molecular complexity index is 813. The first-order chi connectivity index (χ1) is 11.0. The second-order valence-electron chi connectivity index (χ2n) is 4.58. The Morgan fingerprint density at radius 1 is 1.35 bits per heavy atom. The van der Waals surface area contributed by atoms with E-state index in [1.54, 1.807) is 36.4 Å². The van der Waals surface area contributed by atoms with Crippen LogP contribution in [0.3, 0.4) is 0 Å². The van der Waals surface area contributed by atoms with Crippen molar-refractivity contribution in [1.29, 1.82) is 5.26 Å². The van der Waals surface area contributed by atoms with Crippen molar-refractivity contribution in [2.24, 2.45) is 0 Å². The summed E-state index contributed by atoms with van der Waals surface area (Å²) >= 11 is 14.1. The predicted molar refractivity (Wildman–Crippen MR) is 102 cm³/mol. The number of phenolic OH excluding ortho intramolecular Hbond substituents is 1. The van der Waals surface area contributed by atoms with Gasteiger partial charge in [0.25, 0.3) is 0 Å². The highest BCUT2D eigenvalue weighted by Gasteiger charge is 2.11. The topological polar surface area (TPSA) is 53.2 Å². The first-order valence-electron chi connectivity index (χ1n) is 6.68. The molecule has 0 unspecified atom stereocenters. The Labute approximate surface area is 158 Å². The third kappa shape index (κ3) is 4.31. The van der Waals surface area contributed by atoms with Crippen LogP contribution in [0.5, 0.6) is 11.5 Å². The fourth-order valence-corrected chi connectivity index (χ4v) is 3.12. The SMILES string of the molecule is CCOc1cc(/C=C(\C#N)c2ccc(Cl)cc2Cl)cc(I)c1O. The number of hydrogen-bond donors (Lipinski definition) is 1. The maximum absolute atomic E-state index is 9.98. The number of phenols is 1. The van der Waals surface area contributed by atoms with Gasteiger partial charge in [-0.3, -0.25) is 0 Å². The van der Waals surface area contributed by atoms with E-state index in [2.05, 4.69) is 6.07 Å². The molecule has 0 saturated carbocycles. The number of allylic oxidation sites excluding steroid dienone is 1. The van der Waals surface area contributed by atoms with Gasteiger partial charge in [-0.1, -0.05) is 29.3 Å². The molecule has 0 spiro atoms. The van der Waals surface area contributed by atoms with Crippen LogP contribution in [-0.2, 0) is 0 Å². The number of nitriles is 1. The fraction of sp³-hybridized carbons (Fsp3) is 0.118. The Kier molecular flexibility index (Phi) is 6.17. The van der Waals surface area contributed by atoms with E-state index in [0.29, 0.717) is 37.1 Å². The van der Waals surface area contributed by atoms with Crippen molar-refractivity contribution < 1.29 is 9.84 Å². The number of ether oxygens (including phenoxy) is 1. The maximum Gasteiger partial charge on any atom is 0.171 e. The molecule has 0 aliphatic heterocycles. The highest BCUT2D eigenvalue weighted by molar-refractivity contribution is 14.1. The summed E-state index contributed by atoms with van der Waals surface area (Å²) in [7, 11) is 0. The van der Waals surface area contributed by atoms with Gasteiger partial charge in [-0.2, -0.15) is 5.26 Å². The lowest BCUT2D eigenvalue weighted by Crippen LogP contribution is -1.94. The van der Waals surface area contributed by atoms with Crippen LogP contribution < -0.4 is 4.74 Å². The maximum atomic E-state index is 9.98. The first kappa shape index (κ1) is 17.9. The Hall–Kier alpha value is -1.42. The smallest absolute Gasteiger partial charge is 0.171 e. The van der Waals surface area contributed by atoms with E-state index in [1.807, 2.05) is 29.5 Å². The van der Waals surface area contributed by atoms with Gasteiger partial charge in [0, 0.05) is 10.6 Å². The first-order valence-corrected chi connectivity index (χ1v) is 8.52. The van der Waals surface area contributed by atoms with E-state index >= 15 is 0 Å². The molecule has 2 aromatic rings. The molecule has 118 valence electrons. The molecule has 6 heteroatoms. The van der Waals surface area contributed by atoms with Gasteiger partial charge in [-0.25, -0.2) is 0 Å². The third-order valence-electron chi connectivity index (χ3n) is 3.00. The number of aromatic hydroxyl groups is 1. The van der Waals surface area contributed by atoms with Crippen molar-refractivity contribution in [1.82, 2.24) is 0 Å².